The summed E-state index contributed by atoms with van der Waals surface area (Å²) in [5.41, 5.74) is 2.03. The van der Waals surface area contributed by atoms with Crippen molar-refractivity contribution < 1.29 is 27.0 Å². The maximum Gasteiger partial charge on any atom is 0.305 e. The van der Waals surface area contributed by atoms with Crippen LogP contribution in [0.2, 0.25) is 0 Å². The lowest BCUT2D eigenvalue weighted by Gasteiger charge is -2.06. The second-order valence-electron chi connectivity index (χ2n) is 5.36. The molecule has 4 nitrogen and oxygen atoms in total. The fourth-order valence-electron chi connectivity index (χ4n) is 2.27. The minimum atomic E-state index is -1.93. The van der Waals surface area contributed by atoms with Gasteiger partial charge in [0.15, 0.2) is 18.3 Å². The van der Waals surface area contributed by atoms with Gasteiger partial charge in [-0.05, 0) is 54.6 Å². The van der Waals surface area contributed by atoms with Crippen LogP contribution >= 0.6 is 0 Å². The molecule has 1 aromatic heterocycles. The monoisotopic (exact) mass is 388 g/mol. The van der Waals surface area contributed by atoms with Crippen molar-refractivity contribution in [2.75, 3.05) is 0 Å². The Balaban J connectivity index is 1.78. The first-order chi connectivity index (χ1) is 13.5. The molecule has 142 valence electrons. The number of hydrogen-bond acceptors (Lipinski definition) is 4. The van der Waals surface area contributed by atoms with Gasteiger partial charge in [0.05, 0.1) is 5.69 Å². The van der Waals surface area contributed by atoms with E-state index in [1.54, 1.807) is 48.7 Å². The van der Waals surface area contributed by atoms with Crippen molar-refractivity contribution in [3.8, 4) is 34.1 Å². The number of hydrogen-bond donors (Lipinski definition) is 0. The molecular formula is C20H12F4N2O2. The Bertz CT molecular complexity index is 917. The number of aromatic nitrogens is 2. The zero-order valence-corrected chi connectivity index (χ0v) is 14.2. The van der Waals surface area contributed by atoms with E-state index in [1.165, 1.54) is 12.1 Å². The van der Waals surface area contributed by atoms with E-state index in [-0.39, 0.29) is 11.5 Å². The van der Waals surface area contributed by atoms with E-state index in [0.717, 1.165) is 5.56 Å². The van der Waals surface area contributed by atoms with Gasteiger partial charge in [-0.3, -0.25) is 0 Å². The highest BCUT2D eigenvalue weighted by Gasteiger charge is 2.06. The Morgan fingerprint density at radius 1 is 0.679 bits per heavy atom. The minimum Gasteiger partial charge on any atom is -0.459 e. The number of nitrogens with zero attached hydrogens (tertiary/aromatic N) is 2. The van der Waals surface area contributed by atoms with Gasteiger partial charge in [-0.25, -0.2) is 9.97 Å². The van der Waals surface area contributed by atoms with Crippen LogP contribution in [0.15, 0.2) is 85.5 Å². The summed E-state index contributed by atoms with van der Waals surface area (Å²) in [5.74, 6) is 0.946. The Hall–Kier alpha value is -3.68. The number of halogens is 4. The van der Waals surface area contributed by atoms with Crippen molar-refractivity contribution in [3.05, 3.63) is 85.5 Å². The molecule has 0 aliphatic rings. The van der Waals surface area contributed by atoms with Crippen molar-refractivity contribution in [1.82, 2.24) is 9.97 Å². The summed E-state index contributed by atoms with van der Waals surface area (Å²) < 4.78 is 57.8. The fourth-order valence-corrected chi connectivity index (χ4v) is 2.27. The first kappa shape index (κ1) is 19.1. The number of rotatable bonds is 6. The van der Waals surface area contributed by atoms with Crippen LogP contribution in [0.4, 0.5) is 17.6 Å². The van der Waals surface area contributed by atoms with Crippen LogP contribution in [0, 0.1) is 0 Å². The molecule has 0 atom stereocenters. The number of benzene rings is 2. The van der Waals surface area contributed by atoms with Crippen LogP contribution in [-0.4, -0.2) is 9.97 Å². The predicted molar refractivity (Wildman–Crippen MR) is 94.8 cm³/mol. The molecule has 0 bridgehead atoms. The van der Waals surface area contributed by atoms with Gasteiger partial charge in [0.1, 0.15) is 11.5 Å². The van der Waals surface area contributed by atoms with Gasteiger partial charge >= 0.3 is 12.2 Å². The molecule has 3 rings (SSSR count). The Labute approximate surface area is 157 Å². The third-order valence-corrected chi connectivity index (χ3v) is 3.49. The van der Waals surface area contributed by atoms with Crippen LogP contribution in [-0.2, 0) is 0 Å². The van der Waals surface area contributed by atoms with Crippen LogP contribution < -0.4 is 9.47 Å². The summed E-state index contributed by atoms with van der Waals surface area (Å²) in [6.45, 7) is 0. The topological polar surface area (TPSA) is 44.2 Å². The minimum absolute atomic E-state index is 0.252. The zero-order chi connectivity index (χ0) is 19.9. The summed E-state index contributed by atoms with van der Waals surface area (Å²) in [5, 5.41) is 0. The molecule has 0 fully saturated rings. The molecule has 0 saturated carbocycles. The summed E-state index contributed by atoms with van der Waals surface area (Å²) in [7, 11) is 0. The van der Waals surface area contributed by atoms with Gasteiger partial charge in [-0.15, -0.1) is 0 Å². The Kier molecular flexibility index (Phi) is 6.01. The van der Waals surface area contributed by atoms with Gasteiger partial charge in [0.25, 0.3) is 0 Å². The lowest BCUT2D eigenvalue weighted by atomic mass is 10.1. The van der Waals surface area contributed by atoms with Gasteiger partial charge in [0, 0.05) is 17.3 Å². The maximum atomic E-state index is 12.0. The normalized spacial score (nSPS) is 10.1. The number of ether oxygens (including phenoxy) is 2. The molecular weight excluding hydrogens is 376 g/mol. The molecule has 8 heteroatoms. The summed E-state index contributed by atoms with van der Waals surface area (Å²) in [6.07, 6.45) is -1.55. The van der Waals surface area contributed by atoms with Gasteiger partial charge in [0.2, 0.25) is 0 Å². The first-order valence-electron chi connectivity index (χ1n) is 7.91. The van der Waals surface area contributed by atoms with E-state index in [2.05, 4.69) is 9.97 Å². The van der Waals surface area contributed by atoms with Crippen molar-refractivity contribution in [1.29, 1.82) is 0 Å². The highest BCUT2D eigenvalue weighted by Crippen LogP contribution is 2.25. The molecule has 3 aromatic rings. The van der Waals surface area contributed by atoms with Gasteiger partial charge in [-0.2, -0.15) is 17.6 Å². The molecule has 28 heavy (non-hydrogen) atoms. The van der Waals surface area contributed by atoms with E-state index in [9.17, 15) is 17.6 Å². The summed E-state index contributed by atoms with van der Waals surface area (Å²) in [4.78, 5) is 8.67. The summed E-state index contributed by atoms with van der Waals surface area (Å²) in [6, 6.07) is 14.5. The molecule has 0 aliphatic carbocycles. The van der Waals surface area contributed by atoms with Crippen LogP contribution in [0.25, 0.3) is 22.6 Å². The van der Waals surface area contributed by atoms with E-state index < -0.39 is 12.2 Å². The van der Waals surface area contributed by atoms with Crippen molar-refractivity contribution in [2.45, 2.75) is 0 Å². The first-order valence-corrected chi connectivity index (χ1v) is 7.91. The SMILES string of the molecule is FC(F)=COc1ccc(-c2ccnc(-c3ccc(OC=C(F)F)cc3)n2)cc1. The van der Waals surface area contributed by atoms with Crippen molar-refractivity contribution >= 4 is 0 Å². The Morgan fingerprint density at radius 3 is 1.68 bits per heavy atom. The van der Waals surface area contributed by atoms with Crippen LogP contribution in [0.3, 0.4) is 0 Å². The van der Waals surface area contributed by atoms with E-state index in [1.807, 2.05) is 0 Å². The molecule has 1 heterocycles. The van der Waals surface area contributed by atoms with Crippen LogP contribution in [0.1, 0.15) is 0 Å². The molecule has 0 saturated heterocycles. The average molecular weight is 388 g/mol. The molecule has 0 unspecified atom stereocenters. The standard InChI is InChI=1S/C20H12F4N2O2/c21-18(22)11-27-15-5-1-13(2-6-15)17-9-10-25-20(26-17)14-3-7-16(8-4-14)28-12-19(23)24/h1-12H. The van der Waals surface area contributed by atoms with Gasteiger partial charge < -0.3 is 9.47 Å². The second-order valence-corrected chi connectivity index (χ2v) is 5.36. The van der Waals surface area contributed by atoms with E-state index in [0.29, 0.717) is 29.6 Å². The lowest BCUT2D eigenvalue weighted by molar-refractivity contribution is 0.364. The maximum absolute atomic E-state index is 12.0. The average Bonchev–Trinajstić information content (AvgIpc) is 2.71. The Morgan fingerprint density at radius 2 is 1.18 bits per heavy atom. The van der Waals surface area contributed by atoms with Crippen molar-refractivity contribution in [2.24, 2.45) is 0 Å². The van der Waals surface area contributed by atoms with Gasteiger partial charge in [-0.1, -0.05) is 0 Å². The van der Waals surface area contributed by atoms with E-state index in [4.69, 9.17) is 9.47 Å². The second kappa shape index (κ2) is 8.81. The largest absolute Gasteiger partial charge is 0.459 e. The predicted octanol–water partition coefficient (Wildman–Crippen LogP) is 6.04. The highest BCUT2D eigenvalue weighted by molar-refractivity contribution is 5.64. The highest BCUT2D eigenvalue weighted by atomic mass is 19.3. The summed E-state index contributed by atoms with van der Waals surface area (Å²) >= 11 is 0. The van der Waals surface area contributed by atoms with Crippen LogP contribution in [0.5, 0.6) is 11.5 Å². The molecule has 0 N–H and O–H groups in total. The third kappa shape index (κ3) is 5.16. The molecule has 0 radical (unpaired) electrons. The molecule has 2 aromatic carbocycles. The third-order valence-electron chi connectivity index (χ3n) is 3.49. The molecule has 0 aliphatic heterocycles. The fraction of sp³-hybridized carbons (Fsp3) is 0. The molecule has 0 amide bonds. The zero-order valence-electron chi connectivity index (χ0n) is 14.2. The van der Waals surface area contributed by atoms with E-state index >= 15 is 0 Å². The lowest BCUT2D eigenvalue weighted by Crippen LogP contribution is -1.92. The smallest absolute Gasteiger partial charge is 0.305 e. The van der Waals surface area contributed by atoms with Crippen molar-refractivity contribution in [3.63, 3.8) is 0 Å². The molecule has 0 spiro atoms. The quantitative estimate of drug-likeness (QED) is 0.381.